The lowest BCUT2D eigenvalue weighted by atomic mass is 9.34. The maximum Gasteiger partial charge on any atom is 0.238 e. The van der Waals surface area contributed by atoms with Gasteiger partial charge in [0.25, 0.3) is 0 Å². The molecule has 328 valence electrons. The quantitative estimate of drug-likeness (QED) is 0.0794. The zero-order valence-electron chi connectivity index (χ0n) is 41.2. The molecule has 1 nitrogen and oxygen atoms in total. The maximum atomic E-state index is 4.12. The predicted molar refractivity (Wildman–Crippen MR) is 293 cm³/mol. The second-order valence-corrected chi connectivity index (χ2v) is 21.0. The largest absolute Gasteiger partial charge is 0.309 e. The van der Waals surface area contributed by atoms with Gasteiger partial charge in [0.05, 0.1) is 11.4 Å². The van der Waals surface area contributed by atoms with Crippen LogP contribution in [-0.2, 0) is 10.8 Å². The van der Waals surface area contributed by atoms with E-state index in [2.05, 4.69) is 246 Å². The van der Waals surface area contributed by atoms with Gasteiger partial charge in [0.2, 0.25) is 6.71 Å². The molecule has 0 saturated carbocycles. The second-order valence-electron chi connectivity index (χ2n) is 21.0. The average molecular weight is 858 g/mol. The zero-order chi connectivity index (χ0) is 46.8. The molecule has 9 aromatic carbocycles. The molecule has 9 rings (SSSR count). The summed E-state index contributed by atoms with van der Waals surface area (Å²) in [7, 11) is 0. The van der Waals surface area contributed by atoms with Crippen molar-refractivity contribution in [1.82, 2.24) is 0 Å². The number of aryl methyl sites for hydroxylation is 3. The Morgan fingerprint density at radius 2 is 1.11 bits per heavy atom. The fourth-order valence-electron chi connectivity index (χ4n) is 10.9. The number of allylic oxidation sites excluding steroid dienone is 5. The van der Waals surface area contributed by atoms with Gasteiger partial charge in [-0.3, -0.25) is 0 Å². The normalized spacial score (nSPS) is 12.9. The molecule has 2 heteroatoms. The molecule has 0 aromatic heterocycles. The zero-order valence-corrected chi connectivity index (χ0v) is 41.2. The molecule has 0 aliphatic rings. The second kappa shape index (κ2) is 17.0. The molecule has 0 saturated heterocycles. The van der Waals surface area contributed by atoms with Crippen LogP contribution in [0.1, 0.15) is 90.1 Å². The third kappa shape index (κ3) is 7.85. The summed E-state index contributed by atoms with van der Waals surface area (Å²) in [5.41, 5.74) is 18.8. The van der Waals surface area contributed by atoms with Gasteiger partial charge in [-0.2, -0.15) is 0 Å². The molecule has 66 heavy (non-hydrogen) atoms. The summed E-state index contributed by atoms with van der Waals surface area (Å²) >= 11 is 0. The Balaban J connectivity index is 1.47. The highest BCUT2D eigenvalue weighted by Crippen LogP contribution is 2.50. The van der Waals surface area contributed by atoms with Gasteiger partial charge in [-0.1, -0.05) is 233 Å². The molecule has 0 aliphatic heterocycles. The van der Waals surface area contributed by atoms with Crippen LogP contribution >= 0.6 is 0 Å². The first kappa shape index (κ1) is 44.6. The first-order valence-corrected chi connectivity index (χ1v) is 23.7. The van der Waals surface area contributed by atoms with Crippen LogP contribution in [0.2, 0.25) is 0 Å². The van der Waals surface area contributed by atoms with Crippen molar-refractivity contribution in [2.75, 3.05) is 4.90 Å². The van der Waals surface area contributed by atoms with E-state index < -0.39 is 0 Å². The first-order valence-electron chi connectivity index (χ1n) is 23.7. The number of hydrogen-bond donors (Lipinski definition) is 0. The number of fused-ring (bicyclic) bond motifs is 1. The highest BCUT2D eigenvalue weighted by molar-refractivity contribution is 6.93. The van der Waals surface area contributed by atoms with Crippen molar-refractivity contribution in [3.63, 3.8) is 0 Å². The molecule has 0 spiro atoms. The highest BCUT2D eigenvalue weighted by Gasteiger charge is 2.33. The lowest BCUT2D eigenvalue weighted by molar-refractivity contribution is 0.595. The average Bonchev–Trinajstić information content (AvgIpc) is 3.29. The van der Waals surface area contributed by atoms with Crippen LogP contribution < -0.4 is 15.8 Å². The SMILES string of the molecule is C=C/C(C)=C\C(C)=C(/C)B(c1c(C)cc(C)cc1C)c1cc(C(C)(C)C)c2ccc3c(N(c4ccc5ccccc5c4)c4ccccc4-c4ccccc4)cc(C(C)(C)C)c4ccc1c2c34. The van der Waals surface area contributed by atoms with Crippen LogP contribution in [0.3, 0.4) is 0 Å². The van der Waals surface area contributed by atoms with Crippen LogP contribution in [0.15, 0.2) is 181 Å². The van der Waals surface area contributed by atoms with Crippen LogP contribution in [0.25, 0.3) is 54.2 Å². The van der Waals surface area contributed by atoms with E-state index in [0.717, 1.165) is 11.4 Å². The van der Waals surface area contributed by atoms with Crippen LogP contribution in [0, 0.1) is 20.8 Å². The number of anilines is 3. The van der Waals surface area contributed by atoms with Crippen molar-refractivity contribution in [2.24, 2.45) is 0 Å². The molecule has 0 amide bonds. The van der Waals surface area contributed by atoms with Crippen molar-refractivity contribution in [1.29, 1.82) is 0 Å². The maximum absolute atomic E-state index is 4.12. The van der Waals surface area contributed by atoms with Crippen molar-refractivity contribution >= 4 is 77.8 Å². The van der Waals surface area contributed by atoms with Gasteiger partial charge in [0, 0.05) is 16.6 Å². The van der Waals surface area contributed by atoms with E-state index in [0.29, 0.717) is 0 Å². The number of para-hydroxylation sites is 1. The third-order valence-electron chi connectivity index (χ3n) is 14.1. The summed E-state index contributed by atoms with van der Waals surface area (Å²) < 4.78 is 0. The van der Waals surface area contributed by atoms with Gasteiger partial charge in [-0.05, 0) is 124 Å². The molecular formula is C64H64BN. The van der Waals surface area contributed by atoms with E-state index >= 15 is 0 Å². The van der Waals surface area contributed by atoms with Crippen molar-refractivity contribution in [2.45, 2.75) is 93.9 Å². The summed E-state index contributed by atoms with van der Waals surface area (Å²) in [6, 6.07) is 55.1. The molecule has 9 aromatic rings. The third-order valence-corrected chi connectivity index (χ3v) is 14.1. The Hall–Kier alpha value is -6.64. The Labute approximate surface area is 394 Å². The minimum absolute atomic E-state index is 0.0264. The van der Waals surface area contributed by atoms with Gasteiger partial charge in [0.1, 0.15) is 0 Å². The molecule has 0 bridgehead atoms. The number of nitrogens with zero attached hydrogens (tertiary/aromatic N) is 1. The molecule has 0 radical (unpaired) electrons. The Bertz CT molecular complexity index is 3380. The van der Waals surface area contributed by atoms with E-state index in [1.807, 2.05) is 6.08 Å². The fourth-order valence-corrected chi connectivity index (χ4v) is 10.9. The predicted octanol–water partition coefficient (Wildman–Crippen LogP) is 17.0. The van der Waals surface area contributed by atoms with Gasteiger partial charge in [0.15, 0.2) is 0 Å². The summed E-state index contributed by atoms with van der Waals surface area (Å²) in [5.74, 6) is 0. The van der Waals surface area contributed by atoms with Crippen molar-refractivity contribution in [3.8, 4) is 11.1 Å². The van der Waals surface area contributed by atoms with E-state index in [-0.39, 0.29) is 17.5 Å². The molecule has 0 heterocycles. The Kier molecular flexibility index (Phi) is 11.5. The standard InChI is InChI=1S/C64H64BN/c1-14-40(2)34-42(4)45(7)65(62-43(5)35-41(3)36-44(62)6)57-38-55(63(8,9)10)51-31-33-54-59(39-56(64(11,12)13)52-30-32-53(57)60(51)61(52)54)66(49-29-28-46-22-18-19-25-48(46)37-49)58-27-21-20-26-50(58)47-23-16-15-17-24-47/h14-39H,1H2,2-13H3/b40-34-,45-42+. The lowest BCUT2D eigenvalue weighted by Crippen LogP contribution is -2.47. The number of hydrogen-bond acceptors (Lipinski definition) is 1. The van der Waals surface area contributed by atoms with Gasteiger partial charge < -0.3 is 4.90 Å². The molecule has 0 fully saturated rings. The molecule has 0 unspecified atom stereocenters. The monoisotopic (exact) mass is 858 g/mol. The van der Waals surface area contributed by atoms with E-state index in [4.69, 9.17) is 0 Å². The molecule has 0 atom stereocenters. The van der Waals surface area contributed by atoms with Crippen LogP contribution in [0.4, 0.5) is 17.1 Å². The molecular weight excluding hydrogens is 794 g/mol. The summed E-state index contributed by atoms with van der Waals surface area (Å²) in [6.45, 7) is 32.1. The number of rotatable bonds is 9. The van der Waals surface area contributed by atoms with Crippen LogP contribution in [-0.4, -0.2) is 6.71 Å². The van der Waals surface area contributed by atoms with Crippen LogP contribution in [0.5, 0.6) is 0 Å². The molecule has 0 N–H and O–H groups in total. The van der Waals surface area contributed by atoms with Crippen molar-refractivity contribution in [3.05, 3.63) is 209 Å². The van der Waals surface area contributed by atoms with E-state index in [1.165, 1.54) is 115 Å². The van der Waals surface area contributed by atoms with Crippen molar-refractivity contribution < 1.29 is 0 Å². The highest BCUT2D eigenvalue weighted by atomic mass is 15.1. The van der Waals surface area contributed by atoms with E-state index in [9.17, 15) is 0 Å². The topological polar surface area (TPSA) is 3.24 Å². The fraction of sp³-hybridized carbons (Fsp3) is 0.219. The number of benzene rings is 9. The minimum Gasteiger partial charge on any atom is -0.309 e. The van der Waals surface area contributed by atoms with Gasteiger partial charge in [-0.15, -0.1) is 0 Å². The van der Waals surface area contributed by atoms with Gasteiger partial charge >= 0.3 is 0 Å². The molecule has 0 aliphatic carbocycles. The van der Waals surface area contributed by atoms with Gasteiger partial charge in [-0.25, -0.2) is 0 Å². The Morgan fingerprint density at radius 3 is 1.76 bits per heavy atom. The first-order chi connectivity index (χ1) is 31.5. The smallest absolute Gasteiger partial charge is 0.238 e. The lowest BCUT2D eigenvalue weighted by Gasteiger charge is -2.33. The summed E-state index contributed by atoms with van der Waals surface area (Å²) in [6.07, 6.45) is 4.28. The Morgan fingerprint density at radius 1 is 0.545 bits per heavy atom. The summed E-state index contributed by atoms with van der Waals surface area (Å²) in [5, 5.41) is 10.3. The van der Waals surface area contributed by atoms with E-state index in [1.54, 1.807) is 0 Å². The minimum atomic E-state index is -0.162. The summed E-state index contributed by atoms with van der Waals surface area (Å²) in [4.78, 5) is 2.55.